The average Bonchev–Trinajstić information content (AvgIpc) is 3.39. The molecule has 4 saturated carbocycles. The maximum absolute atomic E-state index is 13.2. The number of ether oxygens (including phenoxy) is 1. The fraction of sp³-hybridized carbons (Fsp3) is 0.683. The number of amides is 1. The number of methoxy groups -OCH3 is 1. The zero-order valence-corrected chi connectivity index (χ0v) is 30.2. The van der Waals surface area contributed by atoms with Crippen molar-refractivity contribution in [3.8, 4) is 0 Å². The van der Waals surface area contributed by atoms with Crippen molar-refractivity contribution >= 4 is 23.3 Å². The minimum Gasteiger partial charge on any atom is -0.465 e. The van der Waals surface area contributed by atoms with Crippen LogP contribution in [-0.2, 0) is 14.4 Å². The van der Waals surface area contributed by atoms with Crippen molar-refractivity contribution in [2.75, 3.05) is 7.11 Å². The van der Waals surface area contributed by atoms with Gasteiger partial charge in [-0.15, -0.1) is 0 Å². The number of carbonyl (C=O) groups is 2. The number of hydrogen-bond acceptors (Lipinski definition) is 5. The molecule has 0 aliphatic heterocycles. The van der Waals surface area contributed by atoms with Gasteiger partial charge in [-0.1, -0.05) is 65.0 Å². The molecule has 2 N–H and O–H groups in total. The van der Waals surface area contributed by atoms with Crippen LogP contribution >= 0.6 is 0 Å². The molecular weight excluding hydrogens is 584 g/mol. The topological polar surface area (TPSA) is 88.5 Å². The molecule has 1 aromatic carbocycles. The van der Waals surface area contributed by atoms with Crippen LogP contribution in [-0.4, -0.2) is 24.9 Å². The number of carbonyl (C=O) groups excluding carboxylic acids is 2. The summed E-state index contributed by atoms with van der Waals surface area (Å²) in [6.07, 6.45) is 13.5. The summed E-state index contributed by atoms with van der Waals surface area (Å²) in [5.41, 5.74) is 7.69. The third-order valence-corrected chi connectivity index (χ3v) is 15.3. The van der Waals surface area contributed by atoms with E-state index in [1.165, 1.54) is 55.9 Å². The highest BCUT2D eigenvalue weighted by atomic mass is 16.7. The van der Waals surface area contributed by atoms with Crippen LogP contribution in [0.3, 0.4) is 0 Å². The normalized spacial score (nSPS) is 40.0. The zero-order valence-electron chi connectivity index (χ0n) is 30.2. The fourth-order valence-corrected chi connectivity index (χ4v) is 13.1. The van der Waals surface area contributed by atoms with Gasteiger partial charge in [0.05, 0.1) is 12.7 Å². The van der Waals surface area contributed by atoms with E-state index in [0.717, 1.165) is 25.7 Å². The lowest BCUT2D eigenvalue weighted by molar-refractivity contribution is -0.226. The molecule has 0 heterocycles. The van der Waals surface area contributed by atoms with Crippen molar-refractivity contribution in [3.63, 3.8) is 0 Å². The second-order valence-electron chi connectivity index (χ2n) is 17.5. The van der Waals surface area contributed by atoms with Crippen LogP contribution in [0.1, 0.15) is 129 Å². The number of allylic oxidation sites excluding steroid dienone is 3. The number of hydrogen-bond donors (Lipinski definition) is 2. The van der Waals surface area contributed by atoms with E-state index in [4.69, 9.17) is 15.0 Å². The van der Waals surface area contributed by atoms with Crippen LogP contribution in [0.25, 0.3) is 5.57 Å². The van der Waals surface area contributed by atoms with E-state index in [9.17, 15) is 9.59 Å². The Morgan fingerprint density at radius 2 is 1.62 bits per heavy atom. The lowest BCUT2D eigenvalue weighted by atomic mass is 9.32. The summed E-state index contributed by atoms with van der Waals surface area (Å²) >= 11 is 0. The predicted molar refractivity (Wildman–Crippen MR) is 187 cm³/mol. The summed E-state index contributed by atoms with van der Waals surface area (Å²) < 4.78 is 4.94. The molecule has 0 radical (unpaired) electrons. The van der Waals surface area contributed by atoms with Gasteiger partial charge < -0.3 is 9.57 Å². The Hall–Kier alpha value is -2.89. The minimum atomic E-state index is -0.293. The maximum atomic E-state index is 13.2. The molecule has 6 nitrogen and oxygen atoms in total. The van der Waals surface area contributed by atoms with Gasteiger partial charge in [0.15, 0.2) is 0 Å². The predicted octanol–water partition coefficient (Wildman–Crippen LogP) is 9.56. The summed E-state index contributed by atoms with van der Waals surface area (Å²) in [5, 5.41) is 7.62. The Bertz CT molecular complexity index is 1490. The summed E-state index contributed by atoms with van der Waals surface area (Å²) in [5.74, 6) is 2.31. The first-order valence-corrected chi connectivity index (χ1v) is 18.1. The molecule has 0 unspecified atom stereocenters. The van der Waals surface area contributed by atoms with Gasteiger partial charge in [-0.25, -0.2) is 4.79 Å². The standard InChI is InChI=1S/C41H58N2O4/c1-25(2)29-16-21-41(24-34(44)43-47-26(3)42)23-22-39(7)31(35(29)41)14-15-33-38(6)19-17-30(27-10-12-28(13-11-27)36(45)46-9)37(4,5)32(38)18-20-40(33,39)8/h10-13,17,29,31-33,35,42H,1,14-16,18-24H2,2-9H3,(H,43,44)/t29-,31+,32-,33+,35+,38-,39+,40+,41-/m0/s1. The van der Waals surface area contributed by atoms with Gasteiger partial charge in [-0.2, -0.15) is 5.48 Å². The lowest BCUT2D eigenvalue weighted by Crippen LogP contribution is -2.65. The number of esters is 1. The highest BCUT2D eigenvalue weighted by Crippen LogP contribution is 2.78. The smallest absolute Gasteiger partial charge is 0.337 e. The van der Waals surface area contributed by atoms with Gasteiger partial charge in [0, 0.05) is 13.3 Å². The molecule has 0 spiro atoms. The summed E-state index contributed by atoms with van der Waals surface area (Å²) in [6.45, 7) is 21.1. The summed E-state index contributed by atoms with van der Waals surface area (Å²) in [4.78, 5) is 30.5. The van der Waals surface area contributed by atoms with Crippen LogP contribution in [0.2, 0.25) is 0 Å². The van der Waals surface area contributed by atoms with Crippen molar-refractivity contribution in [1.29, 1.82) is 5.41 Å². The van der Waals surface area contributed by atoms with Crippen LogP contribution in [0, 0.1) is 62.1 Å². The molecule has 9 atom stereocenters. The number of nitrogens with one attached hydrogen (secondary N) is 2. The Labute approximate surface area is 283 Å². The first-order chi connectivity index (χ1) is 22.0. The van der Waals surface area contributed by atoms with E-state index in [-0.39, 0.29) is 44.8 Å². The largest absolute Gasteiger partial charge is 0.465 e. The quantitative estimate of drug-likeness (QED) is 0.110. The van der Waals surface area contributed by atoms with Gasteiger partial charge >= 0.3 is 5.97 Å². The van der Waals surface area contributed by atoms with Gasteiger partial charge in [0.1, 0.15) is 0 Å². The molecule has 1 aromatic rings. The number of hydroxylamine groups is 1. The van der Waals surface area contributed by atoms with Crippen LogP contribution in [0.15, 0.2) is 42.5 Å². The average molecular weight is 643 g/mol. The summed E-state index contributed by atoms with van der Waals surface area (Å²) in [7, 11) is 1.43. The van der Waals surface area contributed by atoms with Crippen molar-refractivity contribution in [3.05, 3.63) is 53.6 Å². The van der Waals surface area contributed by atoms with Gasteiger partial charge in [0.25, 0.3) is 5.91 Å². The van der Waals surface area contributed by atoms with Gasteiger partial charge in [-0.05, 0) is 145 Å². The SMILES string of the molecule is C=C(C)[C@@H]1CC[C@@]2(CC(=O)NOC(C)=N)CC[C@]3(C)[C@H](CC[C@@H]4[C@@]5(C)CC=C(c6ccc(C(=O)OC)cc6)C(C)(C)[C@@H]5CC[C@]43C)[C@@H]12. The third kappa shape index (κ3) is 5.05. The Balaban J connectivity index is 1.31. The van der Waals surface area contributed by atoms with E-state index in [1.54, 1.807) is 6.92 Å². The maximum Gasteiger partial charge on any atom is 0.337 e. The van der Waals surface area contributed by atoms with Gasteiger partial charge in [-0.3, -0.25) is 10.2 Å². The van der Waals surface area contributed by atoms with Crippen LogP contribution in [0.4, 0.5) is 0 Å². The highest BCUT2D eigenvalue weighted by molar-refractivity contribution is 5.90. The zero-order chi connectivity index (χ0) is 34.2. The van der Waals surface area contributed by atoms with Crippen molar-refractivity contribution in [2.24, 2.45) is 56.7 Å². The van der Waals surface area contributed by atoms with E-state index in [2.05, 4.69) is 71.8 Å². The first-order valence-electron chi connectivity index (χ1n) is 18.1. The van der Waals surface area contributed by atoms with E-state index >= 15 is 0 Å². The monoisotopic (exact) mass is 642 g/mol. The molecule has 0 bridgehead atoms. The fourth-order valence-electron chi connectivity index (χ4n) is 13.1. The molecule has 5 aliphatic carbocycles. The van der Waals surface area contributed by atoms with E-state index in [0.29, 0.717) is 41.6 Å². The van der Waals surface area contributed by atoms with Crippen LogP contribution < -0.4 is 5.48 Å². The molecule has 5 aliphatic rings. The Kier molecular flexibility index (Phi) is 8.40. The molecular formula is C41H58N2O4. The van der Waals surface area contributed by atoms with Crippen molar-refractivity contribution in [2.45, 2.75) is 113 Å². The highest BCUT2D eigenvalue weighted by Gasteiger charge is 2.70. The Morgan fingerprint density at radius 1 is 0.915 bits per heavy atom. The molecule has 6 rings (SSSR count). The van der Waals surface area contributed by atoms with Crippen LogP contribution in [0.5, 0.6) is 0 Å². The second kappa shape index (κ2) is 11.6. The van der Waals surface area contributed by atoms with Gasteiger partial charge in [0.2, 0.25) is 5.90 Å². The second-order valence-corrected chi connectivity index (χ2v) is 17.5. The number of fused-ring (bicyclic) bond motifs is 7. The van der Waals surface area contributed by atoms with E-state index < -0.39 is 0 Å². The molecule has 4 fully saturated rings. The number of benzene rings is 1. The number of rotatable bonds is 5. The molecule has 47 heavy (non-hydrogen) atoms. The summed E-state index contributed by atoms with van der Waals surface area (Å²) in [6, 6.07) is 8.02. The van der Waals surface area contributed by atoms with Crippen molar-refractivity contribution < 1.29 is 19.2 Å². The molecule has 6 heteroatoms. The molecule has 0 aromatic heterocycles. The molecule has 0 saturated heterocycles. The first kappa shape index (κ1) is 34.0. The third-order valence-electron chi connectivity index (χ3n) is 15.3. The minimum absolute atomic E-state index is 0.00882. The van der Waals surface area contributed by atoms with Crippen molar-refractivity contribution in [1.82, 2.24) is 5.48 Å². The Morgan fingerprint density at radius 3 is 2.26 bits per heavy atom. The van der Waals surface area contributed by atoms with E-state index in [1.807, 2.05) is 12.1 Å². The lowest BCUT2D eigenvalue weighted by Gasteiger charge is -2.72. The molecule has 256 valence electrons. The molecule has 1 amide bonds.